The molecule has 1 aromatic carbocycles. The highest BCUT2D eigenvalue weighted by Crippen LogP contribution is 2.34. The summed E-state index contributed by atoms with van der Waals surface area (Å²) in [6.07, 6.45) is 2.61. The van der Waals surface area contributed by atoms with Crippen LogP contribution >= 0.6 is 11.3 Å². The van der Waals surface area contributed by atoms with E-state index in [-0.39, 0.29) is 5.95 Å². The van der Waals surface area contributed by atoms with Gasteiger partial charge < -0.3 is 15.7 Å². The summed E-state index contributed by atoms with van der Waals surface area (Å²) in [4.78, 5) is 11.2. The zero-order chi connectivity index (χ0) is 18.1. The van der Waals surface area contributed by atoms with Crippen molar-refractivity contribution in [3.8, 4) is 11.8 Å². The minimum Gasteiger partial charge on any atom is -0.373 e. The lowest BCUT2D eigenvalue weighted by Crippen LogP contribution is -2.16. The van der Waals surface area contributed by atoms with Crippen LogP contribution < -0.4 is 10.6 Å². The Morgan fingerprint density at radius 2 is 2.19 bits per heavy atom. The Labute approximate surface area is 156 Å². The van der Waals surface area contributed by atoms with Crippen LogP contribution in [0.1, 0.15) is 22.9 Å². The number of nitrogens with two attached hydrogens (primary N) is 1. The smallest absolute Gasteiger partial charge is 0.221 e. The minimum atomic E-state index is -1.16. The average molecular weight is 362 g/mol. The third kappa shape index (κ3) is 3.15. The quantitative estimate of drug-likeness (QED) is 0.685. The van der Waals surface area contributed by atoms with E-state index >= 15 is 0 Å². The van der Waals surface area contributed by atoms with E-state index < -0.39 is 5.60 Å². The predicted octanol–water partition coefficient (Wildman–Crippen LogP) is 3.07. The molecule has 130 valence electrons. The molecule has 1 unspecified atom stereocenters. The molecule has 0 aliphatic carbocycles. The first-order chi connectivity index (χ1) is 12.5. The molecule has 3 heterocycles. The Balaban J connectivity index is 1.66. The van der Waals surface area contributed by atoms with Crippen molar-refractivity contribution in [1.29, 1.82) is 0 Å². The zero-order valence-corrected chi connectivity index (χ0v) is 15.1. The number of hydrogen-bond donors (Lipinski definition) is 2. The van der Waals surface area contributed by atoms with Crippen molar-refractivity contribution in [2.24, 2.45) is 0 Å². The van der Waals surface area contributed by atoms with Gasteiger partial charge in [-0.1, -0.05) is 24.0 Å². The second-order valence-corrected chi connectivity index (χ2v) is 7.27. The van der Waals surface area contributed by atoms with E-state index in [2.05, 4.69) is 32.8 Å². The molecule has 0 bridgehead atoms. The topological polar surface area (TPSA) is 75.3 Å². The lowest BCUT2D eigenvalue weighted by molar-refractivity contribution is 0.126. The van der Waals surface area contributed by atoms with Gasteiger partial charge in [-0.3, -0.25) is 0 Å². The van der Waals surface area contributed by atoms with Crippen molar-refractivity contribution in [3.63, 3.8) is 0 Å². The van der Waals surface area contributed by atoms with Crippen LogP contribution in [0.15, 0.2) is 48.0 Å². The van der Waals surface area contributed by atoms with Crippen LogP contribution in [-0.4, -0.2) is 21.6 Å². The number of aromatic nitrogens is 2. The number of anilines is 3. The van der Waals surface area contributed by atoms with Crippen molar-refractivity contribution in [2.45, 2.75) is 18.9 Å². The molecule has 5 nitrogen and oxygen atoms in total. The monoisotopic (exact) mass is 362 g/mol. The normalized spacial score (nSPS) is 15.1. The number of thiophene rings is 1. The van der Waals surface area contributed by atoms with Gasteiger partial charge in [-0.25, -0.2) is 4.98 Å². The standard InChI is InChI=1S/C20H18N4OS/c1-20(25,17-3-2-12-26-17)9-6-14-4-5-15-8-11-24(16(15)13-14)18-7-10-22-19(21)23-18/h2-5,7,10,12-13,25H,8,11H2,1H3,(H2,21,22,23). The highest BCUT2D eigenvalue weighted by Gasteiger charge is 2.23. The Morgan fingerprint density at radius 1 is 1.31 bits per heavy atom. The summed E-state index contributed by atoms with van der Waals surface area (Å²) in [5.41, 5.74) is 7.74. The molecular weight excluding hydrogens is 344 g/mol. The van der Waals surface area contributed by atoms with Crippen LogP contribution in [0.2, 0.25) is 0 Å². The van der Waals surface area contributed by atoms with Gasteiger partial charge in [0.15, 0.2) is 5.60 Å². The van der Waals surface area contributed by atoms with Gasteiger partial charge in [-0.05, 0) is 48.6 Å². The lowest BCUT2D eigenvalue weighted by atomic mass is 10.0. The molecule has 6 heteroatoms. The maximum atomic E-state index is 10.6. The fourth-order valence-electron chi connectivity index (χ4n) is 3.02. The number of aliphatic hydroxyl groups is 1. The van der Waals surface area contributed by atoms with Gasteiger partial charge in [0.2, 0.25) is 5.95 Å². The Morgan fingerprint density at radius 3 is 2.96 bits per heavy atom. The van der Waals surface area contributed by atoms with E-state index in [4.69, 9.17) is 5.73 Å². The fraction of sp³-hybridized carbons (Fsp3) is 0.200. The van der Waals surface area contributed by atoms with Gasteiger partial charge in [0.05, 0.1) is 0 Å². The van der Waals surface area contributed by atoms with E-state index in [1.54, 1.807) is 13.1 Å². The maximum Gasteiger partial charge on any atom is 0.221 e. The Hall–Kier alpha value is -2.88. The molecule has 0 radical (unpaired) electrons. The van der Waals surface area contributed by atoms with Crippen LogP contribution in [0.5, 0.6) is 0 Å². The molecule has 0 saturated heterocycles. The Bertz CT molecular complexity index is 1000. The summed E-state index contributed by atoms with van der Waals surface area (Å²) in [7, 11) is 0. The van der Waals surface area contributed by atoms with Crippen molar-refractivity contribution in [2.75, 3.05) is 17.2 Å². The van der Waals surface area contributed by atoms with Crippen LogP contribution in [0.4, 0.5) is 17.5 Å². The van der Waals surface area contributed by atoms with Gasteiger partial charge in [0.1, 0.15) is 5.82 Å². The van der Waals surface area contributed by atoms with Gasteiger partial charge >= 0.3 is 0 Å². The zero-order valence-electron chi connectivity index (χ0n) is 14.3. The summed E-state index contributed by atoms with van der Waals surface area (Å²) >= 11 is 1.50. The molecule has 26 heavy (non-hydrogen) atoms. The van der Waals surface area contributed by atoms with E-state index in [9.17, 15) is 5.11 Å². The second-order valence-electron chi connectivity index (χ2n) is 6.32. The van der Waals surface area contributed by atoms with Crippen LogP contribution in [-0.2, 0) is 12.0 Å². The number of hydrogen-bond acceptors (Lipinski definition) is 6. The van der Waals surface area contributed by atoms with Crippen molar-refractivity contribution in [3.05, 3.63) is 64.0 Å². The highest BCUT2D eigenvalue weighted by atomic mass is 32.1. The van der Waals surface area contributed by atoms with Crippen molar-refractivity contribution >= 4 is 28.8 Å². The van der Waals surface area contributed by atoms with Crippen LogP contribution in [0, 0.1) is 11.8 Å². The van der Waals surface area contributed by atoms with Crippen molar-refractivity contribution in [1.82, 2.24) is 9.97 Å². The molecule has 0 saturated carbocycles. The number of nitrogen functional groups attached to an aromatic ring is 1. The van der Waals surface area contributed by atoms with E-state index in [0.29, 0.717) is 0 Å². The molecule has 1 aliphatic rings. The largest absolute Gasteiger partial charge is 0.373 e. The molecule has 0 fully saturated rings. The van der Waals surface area contributed by atoms with Gasteiger partial charge in [-0.15, -0.1) is 11.3 Å². The van der Waals surface area contributed by atoms with Gasteiger partial charge in [0.25, 0.3) is 0 Å². The first-order valence-corrected chi connectivity index (χ1v) is 9.19. The number of rotatable bonds is 2. The second kappa shape index (κ2) is 6.45. The van der Waals surface area contributed by atoms with Crippen molar-refractivity contribution < 1.29 is 5.11 Å². The van der Waals surface area contributed by atoms with E-state index in [0.717, 1.165) is 34.9 Å². The summed E-state index contributed by atoms with van der Waals surface area (Å²) in [6, 6.07) is 11.8. The van der Waals surface area contributed by atoms with Crippen LogP contribution in [0.25, 0.3) is 0 Å². The van der Waals surface area contributed by atoms with E-state index in [1.807, 2.05) is 35.7 Å². The molecule has 3 N–H and O–H groups in total. The highest BCUT2D eigenvalue weighted by molar-refractivity contribution is 7.10. The molecule has 1 aliphatic heterocycles. The van der Waals surface area contributed by atoms with Crippen LogP contribution in [0.3, 0.4) is 0 Å². The summed E-state index contributed by atoms with van der Waals surface area (Å²) in [5.74, 6) is 7.14. The molecule has 0 amide bonds. The maximum absolute atomic E-state index is 10.6. The SMILES string of the molecule is CC(O)(C#Cc1ccc2c(c1)N(c1ccnc(N)n1)CC2)c1cccs1. The third-order valence-electron chi connectivity index (χ3n) is 4.37. The predicted molar refractivity (Wildman–Crippen MR) is 104 cm³/mol. The summed E-state index contributed by atoms with van der Waals surface area (Å²) < 4.78 is 0. The lowest BCUT2D eigenvalue weighted by Gasteiger charge is -2.18. The molecule has 3 aromatic rings. The first-order valence-electron chi connectivity index (χ1n) is 8.31. The molecule has 4 rings (SSSR count). The Kier molecular flexibility index (Phi) is 4.11. The van der Waals surface area contributed by atoms with Gasteiger partial charge in [-0.2, -0.15) is 4.98 Å². The molecular formula is C20H18N4OS. The third-order valence-corrected chi connectivity index (χ3v) is 5.45. The summed E-state index contributed by atoms with van der Waals surface area (Å²) in [5, 5.41) is 12.5. The number of fused-ring (bicyclic) bond motifs is 1. The van der Waals surface area contributed by atoms with Gasteiger partial charge in [0, 0.05) is 28.9 Å². The van der Waals surface area contributed by atoms with E-state index in [1.165, 1.54) is 16.9 Å². The first kappa shape index (κ1) is 16.6. The number of nitrogens with zero attached hydrogens (tertiary/aromatic N) is 3. The molecule has 1 atom stereocenters. The minimum absolute atomic E-state index is 0.263. The number of benzene rings is 1. The average Bonchev–Trinajstić information content (AvgIpc) is 3.30. The fourth-order valence-corrected chi connectivity index (χ4v) is 3.76. The molecule has 2 aromatic heterocycles. The summed E-state index contributed by atoms with van der Waals surface area (Å²) in [6.45, 7) is 2.56. The molecule has 0 spiro atoms.